The van der Waals surface area contributed by atoms with E-state index in [0.29, 0.717) is 22.4 Å². The fourth-order valence-electron chi connectivity index (χ4n) is 3.71. The van der Waals surface area contributed by atoms with Crippen molar-refractivity contribution in [3.8, 4) is 11.5 Å². The summed E-state index contributed by atoms with van der Waals surface area (Å²) in [6.45, 7) is 0. The molecule has 142 valence electrons. The first-order valence-electron chi connectivity index (χ1n) is 9.73. The lowest BCUT2D eigenvalue weighted by atomic mass is 9.89. The molecule has 28 heavy (non-hydrogen) atoms. The third-order valence-electron chi connectivity index (χ3n) is 5.19. The van der Waals surface area contributed by atoms with E-state index in [9.17, 15) is 9.59 Å². The molecule has 1 saturated carbocycles. The van der Waals surface area contributed by atoms with Gasteiger partial charge in [0, 0.05) is 0 Å². The molecular formula is C24H22O4. The third-order valence-corrected chi connectivity index (χ3v) is 5.19. The minimum Gasteiger partial charge on any atom is -0.426 e. The minimum absolute atomic E-state index is 0.0527. The summed E-state index contributed by atoms with van der Waals surface area (Å²) in [5.41, 5.74) is 0.469. The molecule has 0 aliphatic heterocycles. The quantitative estimate of drug-likeness (QED) is 0.444. The van der Waals surface area contributed by atoms with Crippen molar-refractivity contribution in [3.05, 3.63) is 72.3 Å². The molecule has 0 spiro atoms. The lowest BCUT2D eigenvalue weighted by Gasteiger charge is -2.20. The normalized spacial score (nSPS) is 14.6. The number of carbonyl (C=O) groups is 2. The number of hydrogen-bond acceptors (Lipinski definition) is 4. The van der Waals surface area contributed by atoms with Gasteiger partial charge in [0.25, 0.3) is 0 Å². The van der Waals surface area contributed by atoms with Gasteiger partial charge in [-0.05, 0) is 42.5 Å². The Labute approximate surface area is 164 Å². The van der Waals surface area contributed by atoms with Crippen LogP contribution in [0.1, 0.15) is 42.5 Å². The Balaban J connectivity index is 1.64. The summed E-state index contributed by atoms with van der Waals surface area (Å²) >= 11 is 0. The Hall–Kier alpha value is -3.14. The minimum atomic E-state index is -0.443. The van der Waals surface area contributed by atoms with Crippen molar-refractivity contribution in [2.75, 3.05) is 0 Å². The van der Waals surface area contributed by atoms with Gasteiger partial charge in [0.15, 0.2) is 0 Å². The Morgan fingerprint density at radius 1 is 0.714 bits per heavy atom. The van der Waals surface area contributed by atoms with Gasteiger partial charge in [0.05, 0.1) is 16.9 Å². The maximum atomic E-state index is 12.6. The van der Waals surface area contributed by atoms with Crippen molar-refractivity contribution < 1.29 is 19.1 Å². The Morgan fingerprint density at radius 2 is 1.36 bits per heavy atom. The maximum absolute atomic E-state index is 12.6. The molecule has 0 atom stereocenters. The number of fused-ring (bicyclic) bond motifs is 1. The molecule has 3 aromatic rings. The second-order valence-corrected chi connectivity index (χ2v) is 7.12. The number of ether oxygens (including phenoxy) is 2. The van der Waals surface area contributed by atoms with Gasteiger partial charge >= 0.3 is 11.9 Å². The molecule has 0 N–H and O–H groups in total. The Bertz CT molecular complexity index is 983. The van der Waals surface area contributed by atoms with Crippen LogP contribution in [0, 0.1) is 5.92 Å². The van der Waals surface area contributed by atoms with E-state index in [-0.39, 0.29) is 11.9 Å². The van der Waals surface area contributed by atoms with E-state index in [2.05, 4.69) is 0 Å². The highest BCUT2D eigenvalue weighted by atomic mass is 16.5. The first-order chi connectivity index (χ1) is 13.7. The summed E-state index contributed by atoms with van der Waals surface area (Å²) in [7, 11) is 0. The van der Waals surface area contributed by atoms with Gasteiger partial charge in [-0.15, -0.1) is 0 Å². The number of benzene rings is 3. The fraction of sp³-hybridized carbons (Fsp3) is 0.250. The SMILES string of the molecule is O=C(Oc1cccc2cccc(OC(=O)C3CCCCC3)c12)c1ccccc1. The molecule has 0 bridgehead atoms. The molecule has 0 heterocycles. The van der Waals surface area contributed by atoms with Gasteiger partial charge in [-0.3, -0.25) is 4.79 Å². The summed E-state index contributed by atoms with van der Waals surface area (Å²) in [6, 6.07) is 19.8. The number of carbonyl (C=O) groups excluding carboxylic acids is 2. The van der Waals surface area contributed by atoms with Gasteiger partial charge < -0.3 is 9.47 Å². The topological polar surface area (TPSA) is 52.6 Å². The molecule has 0 aromatic heterocycles. The summed E-state index contributed by atoms with van der Waals surface area (Å²) < 4.78 is 11.4. The van der Waals surface area contributed by atoms with Crippen LogP contribution in [0.3, 0.4) is 0 Å². The molecule has 0 amide bonds. The molecule has 1 fully saturated rings. The van der Waals surface area contributed by atoms with Crippen molar-refractivity contribution in [2.24, 2.45) is 5.92 Å². The van der Waals surface area contributed by atoms with E-state index in [1.165, 1.54) is 6.42 Å². The van der Waals surface area contributed by atoms with E-state index < -0.39 is 5.97 Å². The molecule has 3 aromatic carbocycles. The van der Waals surface area contributed by atoms with Crippen molar-refractivity contribution in [1.29, 1.82) is 0 Å². The Kier molecular flexibility index (Phi) is 5.38. The zero-order valence-corrected chi connectivity index (χ0v) is 15.6. The second-order valence-electron chi connectivity index (χ2n) is 7.12. The summed E-state index contributed by atoms with van der Waals surface area (Å²) in [6.07, 6.45) is 5.06. The highest BCUT2D eigenvalue weighted by Crippen LogP contribution is 2.35. The van der Waals surface area contributed by atoms with Crippen LogP contribution in [0.5, 0.6) is 11.5 Å². The van der Waals surface area contributed by atoms with Crippen molar-refractivity contribution in [1.82, 2.24) is 0 Å². The summed E-state index contributed by atoms with van der Waals surface area (Å²) in [5.74, 6) is 0.129. The molecule has 1 aliphatic carbocycles. The van der Waals surface area contributed by atoms with Crippen LogP contribution in [0.4, 0.5) is 0 Å². The maximum Gasteiger partial charge on any atom is 0.343 e. The molecule has 4 heteroatoms. The van der Waals surface area contributed by atoms with Crippen LogP contribution >= 0.6 is 0 Å². The predicted molar refractivity (Wildman–Crippen MR) is 108 cm³/mol. The van der Waals surface area contributed by atoms with Crippen LogP contribution in [-0.2, 0) is 4.79 Å². The predicted octanol–water partition coefficient (Wildman–Crippen LogP) is 5.54. The van der Waals surface area contributed by atoms with Gasteiger partial charge in [-0.1, -0.05) is 61.7 Å². The zero-order valence-electron chi connectivity index (χ0n) is 15.6. The molecule has 4 rings (SSSR count). The smallest absolute Gasteiger partial charge is 0.343 e. The molecule has 0 radical (unpaired) electrons. The summed E-state index contributed by atoms with van der Waals surface area (Å²) in [5, 5.41) is 1.49. The lowest BCUT2D eigenvalue weighted by molar-refractivity contribution is -0.139. The van der Waals surface area contributed by atoms with E-state index in [1.54, 1.807) is 36.4 Å². The molecule has 0 saturated heterocycles. The lowest BCUT2D eigenvalue weighted by Crippen LogP contribution is -2.22. The standard InChI is InChI=1S/C24H22O4/c25-23(18-9-3-1-4-10-18)27-20-15-7-13-17-14-8-16-21(22(17)20)28-24(26)19-11-5-2-6-12-19/h1,3-4,7-10,13-16,19H,2,5-6,11-12H2. The molecule has 4 nitrogen and oxygen atoms in total. The number of esters is 2. The zero-order chi connectivity index (χ0) is 19.3. The van der Waals surface area contributed by atoms with Crippen LogP contribution in [-0.4, -0.2) is 11.9 Å². The first-order valence-corrected chi connectivity index (χ1v) is 9.73. The van der Waals surface area contributed by atoms with Crippen LogP contribution in [0.25, 0.3) is 10.8 Å². The average Bonchev–Trinajstić information content (AvgIpc) is 2.75. The van der Waals surface area contributed by atoms with Gasteiger partial charge in [0.1, 0.15) is 11.5 Å². The monoisotopic (exact) mass is 374 g/mol. The largest absolute Gasteiger partial charge is 0.426 e. The van der Waals surface area contributed by atoms with Crippen molar-refractivity contribution in [3.63, 3.8) is 0 Å². The van der Waals surface area contributed by atoms with Gasteiger partial charge in [0.2, 0.25) is 0 Å². The van der Waals surface area contributed by atoms with Gasteiger partial charge in [-0.2, -0.15) is 0 Å². The summed E-state index contributed by atoms with van der Waals surface area (Å²) in [4.78, 5) is 25.1. The van der Waals surface area contributed by atoms with Crippen LogP contribution in [0.15, 0.2) is 66.7 Å². The van der Waals surface area contributed by atoms with E-state index in [0.717, 1.165) is 31.1 Å². The van der Waals surface area contributed by atoms with Gasteiger partial charge in [-0.25, -0.2) is 4.79 Å². The highest BCUT2D eigenvalue weighted by Gasteiger charge is 2.24. The van der Waals surface area contributed by atoms with Crippen molar-refractivity contribution >= 4 is 22.7 Å². The number of hydrogen-bond donors (Lipinski definition) is 0. The third kappa shape index (κ3) is 3.91. The van der Waals surface area contributed by atoms with Crippen LogP contribution < -0.4 is 9.47 Å². The van der Waals surface area contributed by atoms with Crippen molar-refractivity contribution in [2.45, 2.75) is 32.1 Å². The molecular weight excluding hydrogens is 352 g/mol. The molecule has 1 aliphatic rings. The second kappa shape index (κ2) is 8.26. The van der Waals surface area contributed by atoms with E-state index >= 15 is 0 Å². The highest BCUT2D eigenvalue weighted by molar-refractivity contribution is 5.99. The molecule has 0 unspecified atom stereocenters. The number of rotatable bonds is 4. The average molecular weight is 374 g/mol. The van der Waals surface area contributed by atoms with Crippen LogP contribution in [0.2, 0.25) is 0 Å². The first kappa shape index (κ1) is 18.2. The van der Waals surface area contributed by atoms with E-state index in [4.69, 9.17) is 9.47 Å². The Morgan fingerprint density at radius 3 is 2.04 bits per heavy atom. The van der Waals surface area contributed by atoms with E-state index in [1.807, 2.05) is 30.3 Å². The fourth-order valence-corrected chi connectivity index (χ4v) is 3.71.